The van der Waals surface area contributed by atoms with Gasteiger partial charge in [-0.3, -0.25) is 4.79 Å². The maximum atomic E-state index is 12.7. The van der Waals surface area contributed by atoms with Crippen LogP contribution in [0.25, 0.3) is 0 Å². The fourth-order valence-electron chi connectivity index (χ4n) is 2.73. The van der Waals surface area contributed by atoms with Gasteiger partial charge < -0.3 is 14.7 Å². The summed E-state index contributed by atoms with van der Waals surface area (Å²) in [7, 11) is 0. The molecule has 4 nitrogen and oxygen atoms in total. The number of hydrogen-bond acceptors (Lipinski definition) is 3. The van der Waals surface area contributed by atoms with Gasteiger partial charge in [0.05, 0.1) is 12.6 Å². The normalized spacial score (nSPS) is 22.4. The van der Waals surface area contributed by atoms with Crippen molar-refractivity contribution in [3.05, 3.63) is 29.3 Å². The molecular formula is C16H22ClNO3. The van der Waals surface area contributed by atoms with Gasteiger partial charge in [-0.25, -0.2) is 0 Å². The van der Waals surface area contributed by atoms with Crippen LogP contribution in [0.1, 0.15) is 27.2 Å². The van der Waals surface area contributed by atoms with E-state index in [1.807, 2.05) is 0 Å². The molecule has 1 fully saturated rings. The lowest BCUT2D eigenvalue weighted by molar-refractivity contribution is -0.147. The average molecular weight is 312 g/mol. The third-order valence-corrected chi connectivity index (χ3v) is 4.28. The summed E-state index contributed by atoms with van der Waals surface area (Å²) in [6.07, 6.45) is 0.911. The summed E-state index contributed by atoms with van der Waals surface area (Å²) in [6.45, 7) is 6.21. The Bertz CT molecular complexity index is 501. The lowest BCUT2D eigenvalue weighted by Crippen LogP contribution is -2.52. The Kier molecular flexibility index (Phi) is 4.79. The summed E-state index contributed by atoms with van der Waals surface area (Å²) in [4.78, 5) is 14.5. The van der Waals surface area contributed by atoms with Gasteiger partial charge in [0.2, 0.25) is 0 Å². The zero-order chi connectivity index (χ0) is 15.6. The van der Waals surface area contributed by atoms with E-state index in [-0.39, 0.29) is 18.6 Å². The predicted octanol–water partition coefficient (Wildman–Crippen LogP) is 2.73. The third-order valence-electron chi connectivity index (χ3n) is 4.03. The van der Waals surface area contributed by atoms with Gasteiger partial charge in [0, 0.05) is 11.6 Å². The molecule has 0 aliphatic carbocycles. The van der Waals surface area contributed by atoms with Gasteiger partial charge in [-0.05, 0) is 50.5 Å². The van der Waals surface area contributed by atoms with Crippen LogP contribution in [-0.2, 0) is 4.79 Å². The molecule has 5 heteroatoms. The number of carbonyl (C=O) groups is 1. The van der Waals surface area contributed by atoms with E-state index in [9.17, 15) is 9.90 Å². The first-order chi connectivity index (χ1) is 9.85. The SMILES string of the molecule is CC1CCN(C(=O)C(C)(C)Oc2ccc(Cl)cc2)C1CO. The number of amides is 1. The fourth-order valence-corrected chi connectivity index (χ4v) is 2.85. The van der Waals surface area contributed by atoms with Crippen molar-refractivity contribution < 1.29 is 14.6 Å². The minimum atomic E-state index is -0.981. The number of hydrogen-bond donors (Lipinski definition) is 1. The highest BCUT2D eigenvalue weighted by atomic mass is 35.5. The molecule has 2 atom stereocenters. The molecule has 0 radical (unpaired) electrons. The molecule has 1 aromatic rings. The van der Waals surface area contributed by atoms with Crippen molar-refractivity contribution in [3.63, 3.8) is 0 Å². The summed E-state index contributed by atoms with van der Waals surface area (Å²) < 4.78 is 5.83. The molecule has 2 unspecified atom stereocenters. The monoisotopic (exact) mass is 311 g/mol. The van der Waals surface area contributed by atoms with Crippen molar-refractivity contribution in [3.8, 4) is 5.75 Å². The second-order valence-electron chi connectivity index (χ2n) is 6.08. The van der Waals surface area contributed by atoms with Crippen LogP contribution in [0, 0.1) is 5.92 Å². The minimum absolute atomic E-state index is 0.00999. The van der Waals surface area contributed by atoms with Crippen LogP contribution in [0.4, 0.5) is 0 Å². The van der Waals surface area contributed by atoms with Gasteiger partial charge in [-0.2, -0.15) is 0 Å². The number of rotatable bonds is 4. The molecule has 0 bridgehead atoms. The number of likely N-dealkylation sites (tertiary alicyclic amines) is 1. The van der Waals surface area contributed by atoms with Gasteiger partial charge >= 0.3 is 0 Å². The van der Waals surface area contributed by atoms with Gasteiger partial charge in [0.15, 0.2) is 5.60 Å². The number of benzene rings is 1. The van der Waals surface area contributed by atoms with Gasteiger partial charge in [0.25, 0.3) is 5.91 Å². The van der Waals surface area contributed by atoms with Crippen LogP contribution in [-0.4, -0.2) is 40.7 Å². The molecule has 2 rings (SSSR count). The Balaban J connectivity index is 2.11. The molecule has 1 heterocycles. The summed E-state index contributed by atoms with van der Waals surface area (Å²) >= 11 is 5.84. The van der Waals surface area contributed by atoms with E-state index in [4.69, 9.17) is 16.3 Å². The topological polar surface area (TPSA) is 49.8 Å². The lowest BCUT2D eigenvalue weighted by Gasteiger charge is -2.33. The average Bonchev–Trinajstić information content (AvgIpc) is 2.81. The number of aliphatic hydroxyl groups excluding tert-OH is 1. The zero-order valence-electron chi connectivity index (χ0n) is 12.7. The summed E-state index contributed by atoms with van der Waals surface area (Å²) in [5, 5.41) is 10.1. The van der Waals surface area contributed by atoms with Gasteiger partial charge in [-0.15, -0.1) is 0 Å². The molecular weight excluding hydrogens is 290 g/mol. The molecule has 0 aromatic heterocycles. The Morgan fingerprint density at radius 3 is 2.62 bits per heavy atom. The van der Waals surface area contributed by atoms with Crippen LogP contribution in [0.15, 0.2) is 24.3 Å². The standard InChI is InChI=1S/C16H22ClNO3/c1-11-8-9-18(14(11)10-19)15(20)16(2,3)21-13-6-4-12(17)5-7-13/h4-7,11,14,19H,8-10H2,1-3H3. The van der Waals surface area contributed by atoms with Crippen molar-refractivity contribution >= 4 is 17.5 Å². The van der Waals surface area contributed by atoms with Gasteiger partial charge in [-0.1, -0.05) is 18.5 Å². The van der Waals surface area contributed by atoms with E-state index < -0.39 is 5.60 Å². The van der Waals surface area contributed by atoms with E-state index in [1.165, 1.54) is 0 Å². The van der Waals surface area contributed by atoms with Crippen molar-refractivity contribution in [2.75, 3.05) is 13.2 Å². The minimum Gasteiger partial charge on any atom is -0.478 e. The van der Waals surface area contributed by atoms with E-state index in [0.717, 1.165) is 6.42 Å². The number of nitrogens with zero attached hydrogens (tertiary/aromatic N) is 1. The highest BCUT2D eigenvalue weighted by Crippen LogP contribution is 2.28. The number of halogens is 1. The molecule has 1 amide bonds. The molecule has 0 saturated carbocycles. The largest absolute Gasteiger partial charge is 0.478 e. The first-order valence-electron chi connectivity index (χ1n) is 7.21. The van der Waals surface area contributed by atoms with Crippen molar-refractivity contribution in [2.24, 2.45) is 5.92 Å². The predicted molar refractivity (Wildman–Crippen MR) is 82.5 cm³/mol. The lowest BCUT2D eigenvalue weighted by atomic mass is 10.0. The fraction of sp³-hybridized carbons (Fsp3) is 0.562. The number of carbonyl (C=O) groups excluding carboxylic acids is 1. The van der Waals surface area contributed by atoms with Gasteiger partial charge in [0.1, 0.15) is 5.75 Å². The number of aliphatic hydroxyl groups is 1. The molecule has 21 heavy (non-hydrogen) atoms. The quantitative estimate of drug-likeness (QED) is 0.930. The maximum absolute atomic E-state index is 12.7. The first-order valence-corrected chi connectivity index (χ1v) is 7.59. The van der Waals surface area contributed by atoms with Crippen LogP contribution in [0.3, 0.4) is 0 Å². The first kappa shape index (κ1) is 16.1. The van der Waals surface area contributed by atoms with Crippen LogP contribution < -0.4 is 4.74 Å². The van der Waals surface area contributed by atoms with Crippen LogP contribution in [0.2, 0.25) is 5.02 Å². The Labute approximate surface area is 130 Å². The zero-order valence-corrected chi connectivity index (χ0v) is 13.4. The smallest absolute Gasteiger partial charge is 0.266 e. The van der Waals surface area contributed by atoms with Crippen molar-refractivity contribution in [1.82, 2.24) is 4.90 Å². The summed E-state index contributed by atoms with van der Waals surface area (Å²) in [6, 6.07) is 6.82. The number of ether oxygens (including phenoxy) is 1. The Hall–Kier alpha value is -1.26. The maximum Gasteiger partial charge on any atom is 0.266 e. The van der Waals surface area contributed by atoms with Crippen molar-refractivity contribution in [2.45, 2.75) is 38.8 Å². The highest BCUT2D eigenvalue weighted by molar-refractivity contribution is 6.30. The summed E-state index contributed by atoms with van der Waals surface area (Å²) in [5.41, 5.74) is -0.981. The van der Waals surface area contributed by atoms with E-state index >= 15 is 0 Å². The molecule has 1 aromatic carbocycles. The van der Waals surface area contributed by atoms with E-state index in [1.54, 1.807) is 43.0 Å². The summed E-state index contributed by atoms with van der Waals surface area (Å²) in [5.74, 6) is 0.816. The van der Waals surface area contributed by atoms with Crippen LogP contribution in [0.5, 0.6) is 5.75 Å². The van der Waals surface area contributed by atoms with Crippen molar-refractivity contribution in [1.29, 1.82) is 0 Å². The molecule has 1 saturated heterocycles. The second-order valence-corrected chi connectivity index (χ2v) is 6.52. The second kappa shape index (κ2) is 6.24. The molecule has 1 N–H and O–H groups in total. The molecule has 1 aliphatic rings. The third kappa shape index (κ3) is 3.50. The Morgan fingerprint density at radius 1 is 1.43 bits per heavy atom. The van der Waals surface area contributed by atoms with E-state index in [2.05, 4.69) is 6.92 Å². The highest BCUT2D eigenvalue weighted by Gasteiger charge is 2.41. The molecule has 116 valence electrons. The Morgan fingerprint density at radius 2 is 2.05 bits per heavy atom. The molecule has 0 spiro atoms. The van der Waals surface area contributed by atoms with E-state index in [0.29, 0.717) is 23.2 Å². The molecule has 1 aliphatic heterocycles. The van der Waals surface area contributed by atoms with Crippen LogP contribution >= 0.6 is 11.6 Å².